The van der Waals surface area contributed by atoms with Gasteiger partial charge in [-0.15, -0.1) is 0 Å². The van der Waals surface area contributed by atoms with E-state index < -0.39 is 0 Å². The lowest BCUT2D eigenvalue weighted by Gasteiger charge is -2.08. The van der Waals surface area contributed by atoms with Crippen molar-refractivity contribution >= 4 is 11.7 Å². The first-order valence-corrected chi connectivity index (χ1v) is 5.36. The van der Waals surface area contributed by atoms with Crippen LogP contribution in [-0.2, 0) is 14.4 Å². The monoisotopic (exact) mass is 215 g/mol. The summed E-state index contributed by atoms with van der Waals surface area (Å²) in [5.74, 6) is 0.246. The van der Waals surface area contributed by atoms with Crippen LogP contribution in [0.25, 0.3) is 0 Å². The molecule has 0 bridgehead atoms. The third-order valence-corrected chi connectivity index (χ3v) is 1.85. The summed E-state index contributed by atoms with van der Waals surface area (Å²) in [7, 11) is 0. The van der Waals surface area contributed by atoms with E-state index in [9.17, 15) is 9.59 Å². The fraction of sp³-hybridized carbons (Fsp3) is 0.818. The molecule has 0 aliphatic rings. The molecule has 0 aromatic carbocycles. The Balaban J connectivity index is 3.54. The van der Waals surface area contributed by atoms with E-state index in [1.165, 1.54) is 0 Å². The van der Waals surface area contributed by atoms with Gasteiger partial charge in [-0.25, -0.2) is 5.48 Å². The van der Waals surface area contributed by atoms with E-state index in [0.717, 1.165) is 0 Å². The maximum Gasteiger partial charge on any atom is 0.243 e. The number of amides is 1. The molecule has 1 N–H and O–H groups in total. The minimum atomic E-state index is -0.232. The molecule has 0 aromatic heterocycles. The molecule has 0 saturated heterocycles. The fourth-order valence-electron chi connectivity index (χ4n) is 0.865. The summed E-state index contributed by atoms with van der Waals surface area (Å²) in [5.41, 5.74) is 2.32. The van der Waals surface area contributed by atoms with E-state index in [1.807, 2.05) is 27.7 Å². The molecule has 0 radical (unpaired) electrons. The zero-order valence-electron chi connectivity index (χ0n) is 10.0. The Morgan fingerprint density at radius 1 is 1.13 bits per heavy atom. The molecule has 4 nitrogen and oxygen atoms in total. The average Bonchev–Trinajstić information content (AvgIpc) is 2.13. The second-order valence-corrected chi connectivity index (χ2v) is 4.35. The van der Waals surface area contributed by atoms with E-state index in [0.29, 0.717) is 12.5 Å². The number of nitrogens with one attached hydrogen (secondary N) is 1. The Labute approximate surface area is 91.3 Å². The smallest absolute Gasteiger partial charge is 0.243 e. The molecule has 0 aromatic rings. The molecule has 88 valence electrons. The van der Waals surface area contributed by atoms with Gasteiger partial charge in [-0.2, -0.15) is 0 Å². The van der Waals surface area contributed by atoms with Crippen LogP contribution in [0.1, 0.15) is 40.5 Å². The number of carbonyl (C=O) groups excluding carboxylic acids is 2. The van der Waals surface area contributed by atoms with Gasteiger partial charge in [0.25, 0.3) is 0 Å². The lowest BCUT2D eigenvalue weighted by molar-refractivity contribution is -0.136. The predicted molar refractivity (Wildman–Crippen MR) is 58.0 cm³/mol. The number of hydroxylamine groups is 1. The zero-order chi connectivity index (χ0) is 11.8. The molecule has 0 heterocycles. The zero-order valence-corrected chi connectivity index (χ0v) is 10.0. The second-order valence-electron chi connectivity index (χ2n) is 4.35. The molecule has 0 rings (SSSR count). The van der Waals surface area contributed by atoms with E-state index in [2.05, 4.69) is 5.48 Å². The number of Topliss-reactive ketones (excluding diaryl/α,β-unsaturated/α-hetero) is 1. The first-order chi connectivity index (χ1) is 6.93. The standard InChI is InChI=1S/C11H21NO3/c1-8(2)7-15-12-11(14)6-5-10(13)9(3)4/h8-9H,5-7H2,1-4H3,(H,12,14). The fourth-order valence-corrected chi connectivity index (χ4v) is 0.865. The number of ketones is 1. The quantitative estimate of drug-likeness (QED) is 0.657. The number of carbonyl (C=O) groups is 2. The Morgan fingerprint density at radius 2 is 1.73 bits per heavy atom. The summed E-state index contributed by atoms with van der Waals surface area (Å²) in [4.78, 5) is 27.3. The van der Waals surface area contributed by atoms with E-state index >= 15 is 0 Å². The minimum absolute atomic E-state index is 0.00520. The summed E-state index contributed by atoms with van der Waals surface area (Å²) >= 11 is 0. The van der Waals surface area contributed by atoms with Gasteiger partial charge in [0, 0.05) is 18.8 Å². The summed E-state index contributed by atoms with van der Waals surface area (Å²) in [5, 5.41) is 0. The summed E-state index contributed by atoms with van der Waals surface area (Å²) in [6.45, 7) is 8.14. The van der Waals surface area contributed by atoms with Crippen molar-refractivity contribution in [1.82, 2.24) is 5.48 Å². The van der Waals surface area contributed by atoms with Crippen molar-refractivity contribution < 1.29 is 14.4 Å². The van der Waals surface area contributed by atoms with Gasteiger partial charge in [0.15, 0.2) is 0 Å². The topological polar surface area (TPSA) is 55.4 Å². The van der Waals surface area contributed by atoms with Crippen molar-refractivity contribution in [3.63, 3.8) is 0 Å². The van der Waals surface area contributed by atoms with Crippen LogP contribution in [0.3, 0.4) is 0 Å². The van der Waals surface area contributed by atoms with Crippen LogP contribution >= 0.6 is 0 Å². The molecule has 0 aliphatic heterocycles. The van der Waals surface area contributed by atoms with Crippen molar-refractivity contribution in [3.05, 3.63) is 0 Å². The molecule has 0 unspecified atom stereocenters. The van der Waals surface area contributed by atoms with Crippen LogP contribution < -0.4 is 5.48 Å². The minimum Gasteiger partial charge on any atom is -0.299 e. The molecule has 0 aliphatic carbocycles. The van der Waals surface area contributed by atoms with E-state index in [-0.39, 0.29) is 30.4 Å². The molecule has 1 amide bonds. The molecule has 4 heteroatoms. The van der Waals surface area contributed by atoms with Crippen molar-refractivity contribution in [3.8, 4) is 0 Å². The third-order valence-electron chi connectivity index (χ3n) is 1.85. The molecule has 15 heavy (non-hydrogen) atoms. The highest BCUT2D eigenvalue weighted by molar-refractivity contribution is 5.85. The van der Waals surface area contributed by atoms with E-state index in [1.54, 1.807) is 0 Å². The largest absolute Gasteiger partial charge is 0.299 e. The first kappa shape index (κ1) is 14.1. The molecule has 0 fully saturated rings. The predicted octanol–water partition coefficient (Wildman–Crippen LogP) is 1.70. The lowest BCUT2D eigenvalue weighted by Crippen LogP contribution is -2.26. The van der Waals surface area contributed by atoms with Gasteiger partial charge in [0.2, 0.25) is 5.91 Å². The number of rotatable bonds is 7. The highest BCUT2D eigenvalue weighted by Crippen LogP contribution is 2.01. The summed E-state index contributed by atoms with van der Waals surface area (Å²) < 4.78 is 0. The summed E-state index contributed by atoms with van der Waals surface area (Å²) in [6.07, 6.45) is 0.490. The lowest BCUT2D eigenvalue weighted by atomic mass is 10.0. The third kappa shape index (κ3) is 8.12. The highest BCUT2D eigenvalue weighted by atomic mass is 16.6. The average molecular weight is 215 g/mol. The number of hydrogen-bond donors (Lipinski definition) is 1. The van der Waals surface area contributed by atoms with Crippen LogP contribution in [0.4, 0.5) is 0 Å². The molecular formula is C11H21NO3. The van der Waals surface area contributed by atoms with Crippen LogP contribution in [0.15, 0.2) is 0 Å². The first-order valence-electron chi connectivity index (χ1n) is 5.36. The van der Waals surface area contributed by atoms with Crippen LogP contribution in [0, 0.1) is 11.8 Å². The van der Waals surface area contributed by atoms with Gasteiger partial charge < -0.3 is 0 Å². The van der Waals surface area contributed by atoms with Crippen LogP contribution in [0.2, 0.25) is 0 Å². The SMILES string of the molecule is CC(C)CONC(=O)CCC(=O)C(C)C. The van der Waals surface area contributed by atoms with Crippen LogP contribution in [-0.4, -0.2) is 18.3 Å². The van der Waals surface area contributed by atoms with Crippen molar-refractivity contribution in [2.24, 2.45) is 11.8 Å². The Bertz CT molecular complexity index is 212. The van der Waals surface area contributed by atoms with Crippen molar-refractivity contribution in [2.75, 3.05) is 6.61 Å². The van der Waals surface area contributed by atoms with Gasteiger partial charge in [-0.05, 0) is 5.92 Å². The Kier molecular flexibility index (Phi) is 6.96. The maximum absolute atomic E-state index is 11.2. The Morgan fingerprint density at radius 3 is 2.20 bits per heavy atom. The molecule has 0 spiro atoms. The normalized spacial score (nSPS) is 10.8. The molecule has 0 atom stereocenters. The van der Waals surface area contributed by atoms with Crippen LogP contribution in [0.5, 0.6) is 0 Å². The summed E-state index contributed by atoms with van der Waals surface area (Å²) in [6, 6.07) is 0. The molecular weight excluding hydrogens is 194 g/mol. The van der Waals surface area contributed by atoms with Crippen molar-refractivity contribution in [2.45, 2.75) is 40.5 Å². The van der Waals surface area contributed by atoms with Gasteiger partial charge in [0.05, 0.1) is 6.61 Å². The van der Waals surface area contributed by atoms with Gasteiger partial charge in [0.1, 0.15) is 5.78 Å². The van der Waals surface area contributed by atoms with Crippen molar-refractivity contribution in [1.29, 1.82) is 0 Å². The molecule has 0 saturated carbocycles. The Hall–Kier alpha value is -0.900. The van der Waals surface area contributed by atoms with Gasteiger partial charge in [-0.1, -0.05) is 27.7 Å². The number of hydrogen-bond acceptors (Lipinski definition) is 3. The van der Waals surface area contributed by atoms with E-state index in [4.69, 9.17) is 4.84 Å². The second kappa shape index (κ2) is 7.40. The highest BCUT2D eigenvalue weighted by Gasteiger charge is 2.10. The maximum atomic E-state index is 11.2. The van der Waals surface area contributed by atoms with Gasteiger partial charge in [-0.3, -0.25) is 14.4 Å². The van der Waals surface area contributed by atoms with Gasteiger partial charge >= 0.3 is 0 Å².